The molecule has 5 nitrogen and oxygen atoms in total. The third kappa shape index (κ3) is 10.0. The van der Waals surface area contributed by atoms with E-state index in [-0.39, 0.29) is 39.2 Å². The average Bonchev–Trinajstić information content (AvgIpc) is 1.61. The molecule has 0 unspecified atom stereocenters. The number of thiophene rings is 1. The van der Waals surface area contributed by atoms with Gasteiger partial charge in [0.2, 0.25) is 0 Å². The summed E-state index contributed by atoms with van der Waals surface area (Å²) in [4.78, 5) is 7.67. The monoisotopic (exact) mass is 1230 g/mol. The summed E-state index contributed by atoms with van der Waals surface area (Å²) < 4.78 is 12.4. The van der Waals surface area contributed by atoms with Crippen LogP contribution in [-0.4, -0.2) is 11.3 Å². The van der Waals surface area contributed by atoms with E-state index in [2.05, 4.69) is 344 Å². The first-order valence-corrected chi connectivity index (χ1v) is 34.3. The number of nitrogens with zero attached hydrogens (tertiary/aromatic N) is 4. The van der Waals surface area contributed by atoms with Crippen molar-refractivity contribution in [2.75, 3.05) is 14.7 Å². The molecule has 0 atom stereocenters. The summed E-state index contributed by atoms with van der Waals surface area (Å²) in [6.07, 6.45) is 0. The maximum atomic E-state index is 7.22. The Bertz CT molecular complexity index is 5020. The minimum Gasteiger partial charge on any atom is -0.454 e. The summed E-state index contributed by atoms with van der Waals surface area (Å²) in [5.41, 5.74) is 26.6. The van der Waals surface area contributed by atoms with Gasteiger partial charge in [0, 0.05) is 71.7 Å². The number of hydrogen-bond donors (Lipinski definition) is 0. The van der Waals surface area contributed by atoms with Crippen molar-refractivity contribution in [3.05, 3.63) is 234 Å². The van der Waals surface area contributed by atoms with E-state index in [1.54, 1.807) is 0 Å². The lowest BCUT2D eigenvalue weighted by atomic mass is 9.33. The first-order valence-electron chi connectivity index (χ1n) is 33.5. The standard InChI is InChI=1S/C86H87BN4OS/c1-81(2,3)52-26-35-58(36-27-52)88(59-37-28-53(29-38-59)82(4,5)6)62-43-45-68-71(49-62)90(70-24-21-23-65-64-44-34-56(85(13,14)15)48-75(64)93-80(65)70)72-50-63(89(60-39-30-54(31-40-60)83(7,8)9)61-41-32-55(33-42-61)84(10,11)12)51-73-76(72)87(68)69-47-57(86(16,17)18)46-67-77(69)91(73)78-66-22-19-20-25-74(66)92-79(67)78/h19-51H,1-18H3. The summed E-state index contributed by atoms with van der Waals surface area (Å²) in [5.74, 6) is 0. The second-order valence-corrected chi connectivity index (χ2v) is 33.9. The Balaban J connectivity index is 1.10. The fourth-order valence-electron chi connectivity index (χ4n) is 14.7. The van der Waals surface area contributed by atoms with E-state index in [0.717, 1.165) is 84.3 Å². The van der Waals surface area contributed by atoms with E-state index >= 15 is 0 Å². The van der Waals surface area contributed by atoms with Gasteiger partial charge in [0.1, 0.15) is 11.1 Å². The molecule has 93 heavy (non-hydrogen) atoms. The molecule has 15 rings (SSSR count). The fourth-order valence-corrected chi connectivity index (χ4v) is 15.9. The van der Waals surface area contributed by atoms with E-state index < -0.39 is 0 Å². The van der Waals surface area contributed by atoms with Gasteiger partial charge in [0.05, 0.1) is 21.6 Å². The topological polar surface area (TPSA) is 27.8 Å². The molecule has 10 aromatic carbocycles. The maximum Gasteiger partial charge on any atom is 0.252 e. The largest absolute Gasteiger partial charge is 0.454 e. The molecule has 2 aliphatic rings. The van der Waals surface area contributed by atoms with Crippen molar-refractivity contribution in [3.63, 3.8) is 0 Å². The summed E-state index contributed by atoms with van der Waals surface area (Å²) in [6.45, 7) is 41.5. The molecule has 0 saturated heterocycles. The van der Waals surface area contributed by atoms with E-state index in [9.17, 15) is 0 Å². The van der Waals surface area contributed by atoms with E-state index in [1.165, 1.54) is 75.5 Å². The SMILES string of the molecule is CC(C)(C)c1ccc(N(c2ccc(C(C)(C)C)cc2)c2ccc3c(c2)N(c2cccc4c2sc2cc(C(C)(C)C)ccc24)c2cc(N(c4ccc(C(C)(C)C)cc4)c4ccc(C(C)(C)C)cc4)cc4c2B3c2cc(C(C)(C)C)cc3c5oc6ccccc6c5n-4c23)cc1. The number of aromatic nitrogens is 1. The molecule has 0 amide bonds. The summed E-state index contributed by atoms with van der Waals surface area (Å²) >= 11 is 1.92. The van der Waals surface area contributed by atoms with Crippen LogP contribution >= 0.6 is 11.3 Å². The lowest BCUT2D eigenvalue weighted by Gasteiger charge is -2.42. The molecule has 13 aromatic rings. The van der Waals surface area contributed by atoms with Gasteiger partial charge in [-0.1, -0.05) is 222 Å². The highest BCUT2D eigenvalue weighted by Gasteiger charge is 2.45. The van der Waals surface area contributed by atoms with Crippen LogP contribution < -0.4 is 31.1 Å². The van der Waals surface area contributed by atoms with Crippen molar-refractivity contribution >= 4 is 139 Å². The zero-order chi connectivity index (χ0) is 65.4. The zero-order valence-electron chi connectivity index (χ0n) is 57.7. The van der Waals surface area contributed by atoms with E-state index in [1.807, 2.05) is 11.3 Å². The highest BCUT2D eigenvalue weighted by Crippen LogP contribution is 2.52. The Kier molecular flexibility index (Phi) is 13.6. The number of para-hydroxylation sites is 1. The number of furan rings is 1. The normalized spacial score (nSPS) is 13.7. The molecular weight excluding hydrogens is 1150 g/mol. The van der Waals surface area contributed by atoms with Gasteiger partial charge in [-0.05, 0) is 185 Å². The Hall–Kier alpha value is -8.78. The predicted molar refractivity (Wildman–Crippen MR) is 404 cm³/mol. The van der Waals surface area contributed by atoms with Crippen LogP contribution in [0.1, 0.15) is 158 Å². The van der Waals surface area contributed by atoms with Crippen LogP contribution in [0.3, 0.4) is 0 Å². The third-order valence-corrected chi connectivity index (χ3v) is 21.3. The summed E-state index contributed by atoms with van der Waals surface area (Å²) in [6, 6.07) is 77.6. The first kappa shape index (κ1) is 60.5. The highest BCUT2D eigenvalue weighted by molar-refractivity contribution is 7.26. The van der Waals surface area contributed by atoms with Crippen molar-refractivity contribution in [1.82, 2.24) is 4.57 Å². The zero-order valence-corrected chi connectivity index (χ0v) is 58.6. The Morgan fingerprint density at radius 2 is 0.796 bits per heavy atom. The highest BCUT2D eigenvalue weighted by atomic mass is 32.1. The Morgan fingerprint density at radius 1 is 0.333 bits per heavy atom. The van der Waals surface area contributed by atoms with Gasteiger partial charge >= 0.3 is 0 Å². The minimum absolute atomic E-state index is 0.0103. The summed E-state index contributed by atoms with van der Waals surface area (Å²) in [5, 5.41) is 4.79. The van der Waals surface area contributed by atoms with Crippen LogP contribution in [-0.2, 0) is 32.5 Å². The lowest BCUT2D eigenvalue weighted by molar-refractivity contribution is 0.590. The molecule has 0 N–H and O–H groups in total. The van der Waals surface area contributed by atoms with Gasteiger partial charge in [-0.2, -0.15) is 0 Å². The quantitative estimate of drug-likeness (QED) is 0.149. The van der Waals surface area contributed by atoms with Crippen LogP contribution in [0, 0.1) is 0 Å². The van der Waals surface area contributed by atoms with Gasteiger partial charge in [0.15, 0.2) is 5.58 Å². The minimum atomic E-state index is -0.174. The van der Waals surface area contributed by atoms with Gasteiger partial charge in [-0.25, -0.2) is 0 Å². The molecule has 0 saturated carbocycles. The van der Waals surface area contributed by atoms with Crippen LogP contribution in [0.15, 0.2) is 205 Å². The molecule has 0 spiro atoms. The molecule has 0 aliphatic carbocycles. The third-order valence-electron chi connectivity index (χ3n) is 20.1. The second-order valence-electron chi connectivity index (χ2n) is 32.8. The van der Waals surface area contributed by atoms with Gasteiger partial charge in [0.25, 0.3) is 6.71 Å². The Morgan fingerprint density at radius 3 is 1.32 bits per heavy atom. The number of benzene rings is 10. The van der Waals surface area contributed by atoms with Crippen LogP contribution in [0.2, 0.25) is 0 Å². The number of rotatable bonds is 7. The molecule has 0 fully saturated rings. The van der Waals surface area contributed by atoms with Crippen molar-refractivity contribution in [1.29, 1.82) is 0 Å². The van der Waals surface area contributed by atoms with Crippen LogP contribution in [0.5, 0.6) is 0 Å². The molecule has 0 bridgehead atoms. The molecule has 0 radical (unpaired) electrons. The average molecular weight is 1240 g/mol. The number of anilines is 9. The van der Waals surface area contributed by atoms with Crippen LogP contribution in [0.25, 0.3) is 58.8 Å². The molecule has 466 valence electrons. The van der Waals surface area contributed by atoms with Crippen LogP contribution in [0.4, 0.5) is 51.2 Å². The van der Waals surface area contributed by atoms with Gasteiger partial charge < -0.3 is 23.7 Å². The number of fused-ring (bicyclic) bond motifs is 12. The fraction of sp³-hybridized carbons (Fsp3) is 0.279. The molecular formula is C86H87BN4OS. The second kappa shape index (κ2) is 20.9. The first-order chi connectivity index (χ1) is 43.9. The lowest BCUT2D eigenvalue weighted by Crippen LogP contribution is -2.60. The molecule has 3 aromatic heterocycles. The Labute approximate surface area is 555 Å². The molecule has 5 heterocycles. The van der Waals surface area contributed by atoms with E-state index in [4.69, 9.17) is 4.42 Å². The van der Waals surface area contributed by atoms with Crippen molar-refractivity contribution in [2.24, 2.45) is 0 Å². The van der Waals surface area contributed by atoms with Crippen molar-refractivity contribution in [2.45, 2.75) is 157 Å². The number of hydrogen-bond acceptors (Lipinski definition) is 5. The van der Waals surface area contributed by atoms with Gasteiger partial charge in [-0.3, -0.25) is 0 Å². The predicted octanol–water partition coefficient (Wildman–Crippen LogP) is 23.2. The smallest absolute Gasteiger partial charge is 0.252 e. The van der Waals surface area contributed by atoms with E-state index in [0.29, 0.717) is 0 Å². The summed E-state index contributed by atoms with van der Waals surface area (Å²) in [7, 11) is 0. The molecule has 7 heteroatoms. The molecule has 2 aliphatic heterocycles. The van der Waals surface area contributed by atoms with Gasteiger partial charge in [-0.15, -0.1) is 11.3 Å². The van der Waals surface area contributed by atoms with Crippen molar-refractivity contribution in [3.8, 4) is 5.69 Å². The van der Waals surface area contributed by atoms with Crippen molar-refractivity contribution < 1.29 is 4.42 Å². The maximum absolute atomic E-state index is 7.22.